The molecule has 3 saturated carbocycles. The van der Waals surface area contributed by atoms with Crippen molar-refractivity contribution in [1.29, 1.82) is 0 Å². The number of thiazole rings is 1. The molecule has 2 aromatic carbocycles. The number of aromatic nitrogens is 1. The molecule has 1 N–H and O–H groups in total. The van der Waals surface area contributed by atoms with E-state index in [0.717, 1.165) is 50.3 Å². The SMILES string of the molecule is C#CC(=O)OCCCOC1CCC(C(=O)Oc2ccc(OC(=O)C3CCC(C4CCC(OCCCN5C(=O)C=CC5=O)CC4)CC3)c(F)c2SC(=S)Nc2nc3cccc(C(=O)OCCC)c3s2)CC1. The molecule has 0 atom stereocenters. The van der Waals surface area contributed by atoms with Gasteiger partial charge in [-0.05, 0) is 126 Å². The van der Waals surface area contributed by atoms with Gasteiger partial charge in [0.05, 0.1) is 64.5 Å². The van der Waals surface area contributed by atoms with Crippen LogP contribution in [0.15, 0.2) is 47.4 Å². The highest BCUT2D eigenvalue weighted by atomic mass is 32.2. The smallest absolute Gasteiger partial charge is 0.384 e. The number of nitrogens with one attached hydrogen (secondary N) is 1. The topological polar surface area (TPSA) is 186 Å². The highest BCUT2D eigenvalue weighted by Gasteiger charge is 2.35. The fraction of sp³-hybridized carbons (Fsp3) is 0.529. The van der Waals surface area contributed by atoms with Crippen molar-refractivity contribution in [3.63, 3.8) is 0 Å². The molecule has 2 heterocycles. The average Bonchev–Trinajstić information content (AvgIpc) is 3.94. The molecule has 374 valence electrons. The van der Waals surface area contributed by atoms with Crippen LogP contribution in [0.1, 0.15) is 114 Å². The lowest BCUT2D eigenvalue weighted by molar-refractivity contribution is -0.142. The van der Waals surface area contributed by atoms with Crippen molar-refractivity contribution in [3.05, 3.63) is 53.9 Å². The first-order valence-electron chi connectivity index (χ1n) is 24.1. The fourth-order valence-electron chi connectivity index (χ4n) is 9.46. The van der Waals surface area contributed by atoms with Gasteiger partial charge < -0.3 is 33.7 Å². The molecule has 3 fully saturated rings. The minimum Gasteiger partial charge on any atom is -0.462 e. The summed E-state index contributed by atoms with van der Waals surface area (Å²) in [6.45, 7) is 3.52. The number of fused-ring (bicyclic) bond motifs is 1. The number of nitrogens with zero attached hydrogens (tertiary/aromatic N) is 2. The number of carbonyl (C=O) groups excluding carboxylic acids is 6. The summed E-state index contributed by atoms with van der Waals surface area (Å²) in [7, 11) is 0. The van der Waals surface area contributed by atoms with E-state index in [1.807, 2.05) is 12.8 Å². The number of esters is 4. The summed E-state index contributed by atoms with van der Waals surface area (Å²) in [6.07, 6.45) is 18.4. The number of hydrogen-bond donors (Lipinski definition) is 1. The van der Waals surface area contributed by atoms with Crippen molar-refractivity contribution in [3.8, 4) is 23.8 Å². The van der Waals surface area contributed by atoms with Gasteiger partial charge in [0.15, 0.2) is 16.7 Å². The Labute approximate surface area is 420 Å². The summed E-state index contributed by atoms with van der Waals surface area (Å²) in [5.74, 6) is -2.15. The van der Waals surface area contributed by atoms with Gasteiger partial charge in [-0.25, -0.2) is 19.0 Å². The Kier molecular flexibility index (Phi) is 19.3. The maximum atomic E-state index is 16.8. The summed E-state index contributed by atoms with van der Waals surface area (Å²) < 4.78 is 51.3. The second-order valence-electron chi connectivity index (χ2n) is 17.9. The number of thiocarbonyl (C=S) groups is 1. The number of rotatable bonds is 20. The number of imide groups is 1. The van der Waals surface area contributed by atoms with Crippen molar-refractivity contribution in [2.24, 2.45) is 23.7 Å². The maximum Gasteiger partial charge on any atom is 0.384 e. The van der Waals surface area contributed by atoms with E-state index in [-0.39, 0.29) is 58.0 Å². The molecular weight excluding hydrogens is 962 g/mol. The van der Waals surface area contributed by atoms with E-state index >= 15 is 4.39 Å². The van der Waals surface area contributed by atoms with Crippen LogP contribution in [-0.2, 0) is 42.9 Å². The maximum absolute atomic E-state index is 16.8. The lowest BCUT2D eigenvalue weighted by Crippen LogP contribution is -2.33. The predicted octanol–water partition coefficient (Wildman–Crippen LogP) is 9.14. The van der Waals surface area contributed by atoms with Crippen LogP contribution in [0.3, 0.4) is 0 Å². The van der Waals surface area contributed by atoms with Crippen molar-refractivity contribution < 1.29 is 61.6 Å². The zero-order valence-electron chi connectivity index (χ0n) is 39.1. The second-order valence-corrected chi connectivity index (χ2v) is 20.6. The quantitative estimate of drug-likeness (QED) is 0.0165. The van der Waals surface area contributed by atoms with Gasteiger partial charge in [0.2, 0.25) is 0 Å². The first kappa shape index (κ1) is 52.6. The first-order chi connectivity index (χ1) is 33.9. The van der Waals surface area contributed by atoms with Crippen LogP contribution in [0, 0.1) is 41.8 Å². The third-order valence-electron chi connectivity index (χ3n) is 13.2. The molecule has 0 radical (unpaired) electrons. The lowest BCUT2D eigenvalue weighted by Gasteiger charge is -2.37. The van der Waals surface area contributed by atoms with Crippen LogP contribution in [0.4, 0.5) is 9.52 Å². The van der Waals surface area contributed by atoms with Gasteiger partial charge in [0.1, 0.15) is 10.1 Å². The van der Waals surface area contributed by atoms with Gasteiger partial charge in [-0.3, -0.25) is 24.1 Å². The highest BCUT2D eigenvalue weighted by molar-refractivity contribution is 8.23. The molecule has 15 nitrogen and oxygen atoms in total. The van der Waals surface area contributed by atoms with Gasteiger partial charge in [0.25, 0.3) is 11.8 Å². The van der Waals surface area contributed by atoms with E-state index in [1.165, 1.54) is 40.5 Å². The predicted molar refractivity (Wildman–Crippen MR) is 264 cm³/mol. The molecule has 0 bridgehead atoms. The molecule has 0 saturated heterocycles. The third-order valence-corrected chi connectivity index (χ3v) is 15.4. The van der Waals surface area contributed by atoms with E-state index in [1.54, 1.807) is 18.2 Å². The lowest BCUT2D eigenvalue weighted by atomic mass is 9.70. The minimum atomic E-state index is -0.911. The summed E-state index contributed by atoms with van der Waals surface area (Å²) in [5.41, 5.74) is 0.897. The Balaban J connectivity index is 0.945. The Morgan fingerprint density at radius 2 is 1.39 bits per heavy atom. The van der Waals surface area contributed by atoms with Crippen LogP contribution in [-0.4, -0.2) is 95.1 Å². The minimum absolute atomic E-state index is 0.0603. The standard InChI is InChI=1S/C51H58FN3O12S3/c1-3-27-65-49(61)37-8-5-9-38-45(37)69-50(53-38)54-51(68)70-46-40(67-48(60)34-16-20-36(21-17-34)63-29-7-30-64-43(58)4-2)23-22-39(44(46)52)66-47(59)33-12-10-31(11-13-33)32-14-18-35(19-15-32)62-28-6-26-55-41(56)24-25-42(55)57/h2,5,8-9,22-25,31-36H,3,6-7,10-21,26-30H2,1H3,(H,53,54,68). The van der Waals surface area contributed by atoms with Gasteiger partial charge in [-0.1, -0.05) is 48.3 Å². The highest BCUT2D eigenvalue weighted by Crippen LogP contribution is 2.43. The van der Waals surface area contributed by atoms with Crippen molar-refractivity contribution in [2.45, 2.75) is 120 Å². The zero-order chi connectivity index (χ0) is 49.6. The number of ether oxygens (including phenoxy) is 6. The van der Waals surface area contributed by atoms with Gasteiger partial charge >= 0.3 is 23.9 Å². The van der Waals surface area contributed by atoms with Crippen LogP contribution in [0.2, 0.25) is 0 Å². The Bertz CT molecular complexity index is 2450. The summed E-state index contributed by atoms with van der Waals surface area (Å²) in [4.78, 5) is 80.5. The van der Waals surface area contributed by atoms with Crippen LogP contribution in [0.25, 0.3) is 10.2 Å². The first-order valence-corrected chi connectivity index (χ1v) is 26.2. The molecule has 3 aromatic rings. The van der Waals surface area contributed by atoms with Crippen LogP contribution in [0.5, 0.6) is 11.5 Å². The summed E-state index contributed by atoms with van der Waals surface area (Å²) in [6, 6.07) is 7.82. The molecule has 0 unspecified atom stereocenters. The molecule has 19 heteroatoms. The molecule has 2 amide bonds. The van der Waals surface area contributed by atoms with E-state index < -0.39 is 41.5 Å². The molecule has 3 aliphatic carbocycles. The van der Waals surface area contributed by atoms with E-state index in [9.17, 15) is 28.8 Å². The number of thioether (sulfide) groups is 1. The van der Waals surface area contributed by atoms with Gasteiger partial charge in [0, 0.05) is 37.6 Å². The molecule has 70 heavy (non-hydrogen) atoms. The largest absolute Gasteiger partial charge is 0.462 e. The van der Waals surface area contributed by atoms with Crippen LogP contribution >= 0.6 is 35.3 Å². The normalized spacial score (nSPS) is 22.3. The Morgan fingerprint density at radius 3 is 2.03 bits per heavy atom. The monoisotopic (exact) mass is 1020 g/mol. The number of hydrogen-bond acceptors (Lipinski definition) is 16. The Hall–Kier alpha value is -5.26. The van der Waals surface area contributed by atoms with E-state index in [4.69, 9.17) is 47.1 Å². The number of amides is 2. The number of benzene rings is 2. The van der Waals surface area contributed by atoms with Gasteiger partial charge in [-0.15, -0.1) is 6.42 Å². The molecule has 0 spiro atoms. The third kappa shape index (κ3) is 14.2. The fourth-order valence-corrected chi connectivity index (χ4v) is 11.6. The van der Waals surface area contributed by atoms with Crippen molar-refractivity contribution in [1.82, 2.24) is 9.88 Å². The van der Waals surface area contributed by atoms with Crippen molar-refractivity contribution in [2.75, 3.05) is 38.3 Å². The van der Waals surface area contributed by atoms with E-state index in [0.29, 0.717) is 110 Å². The molecular formula is C51H58FN3O12S3. The number of anilines is 1. The molecule has 1 aromatic heterocycles. The van der Waals surface area contributed by atoms with Crippen LogP contribution < -0.4 is 14.8 Å². The Morgan fingerprint density at radius 1 is 0.800 bits per heavy atom. The average molecular weight is 1020 g/mol. The van der Waals surface area contributed by atoms with Crippen molar-refractivity contribution >= 4 is 90.7 Å². The van der Waals surface area contributed by atoms with E-state index in [2.05, 4.69) is 10.3 Å². The molecule has 4 aliphatic rings. The second kappa shape index (κ2) is 25.7. The number of terminal acetylenes is 1. The zero-order valence-corrected chi connectivity index (χ0v) is 41.6. The summed E-state index contributed by atoms with van der Waals surface area (Å²) in [5, 5.41) is 3.37. The summed E-state index contributed by atoms with van der Waals surface area (Å²) >= 11 is 7.66. The number of halogens is 1. The van der Waals surface area contributed by atoms with Gasteiger partial charge in [-0.2, -0.15) is 0 Å². The molecule has 7 rings (SSSR count). The number of carbonyl (C=O) groups is 6. The molecule has 1 aliphatic heterocycles.